The van der Waals surface area contributed by atoms with E-state index in [1.807, 2.05) is 36.4 Å². The van der Waals surface area contributed by atoms with Crippen LogP contribution in [-0.2, 0) is 0 Å². The van der Waals surface area contributed by atoms with E-state index in [1.54, 1.807) is 26.4 Å². The third kappa shape index (κ3) is 4.39. The molecule has 33 heavy (non-hydrogen) atoms. The molecule has 8 heteroatoms. The second-order valence-corrected chi connectivity index (χ2v) is 9.70. The highest BCUT2D eigenvalue weighted by Gasteiger charge is 2.38. The second kappa shape index (κ2) is 9.45. The number of nitrogens with one attached hydrogen (secondary N) is 1. The van der Waals surface area contributed by atoms with E-state index in [-0.39, 0.29) is 23.4 Å². The molecule has 2 N–H and O–H groups in total. The van der Waals surface area contributed by atoms with Crippen molar-refractivity contribution in [2.75, 3.05) is 19.5 Å². The first-order chi connectivity index (χ1) is 15.7. The standard InChI is InChI=1S/C25H22BrCl2NO4/c1-12-22(13-5-7-20(32-2)21(9-13)33-3)16-10-15(26)11-17(25(30)31)24(16)29-23(12)14-4-6-18(27)19(28)8-14/h4-12,22-23,29H,1-3H3,(H,30,31)/t12-,22+,23+/m1/s1. The number of hydrogen-bond acceptors (Lipinski definition) is 4. The summed E-state index contributed by atoms with van der Waals surface area (Å²) in [6.45, 7) is 2.13. The van der Waals surface area contributed by atoms with Crippen molar-refractivity contribution in [3.05, 3.63) is 85.3 Å². The van der Waals surface area contributed by atoms with Gasteiger partial charge in [-0.25, -0.2) is 4.79 Å². The number of ether oxygens (including phenoxy) is 2. The smallest absolute Gasteiger partial charge is 0.337 e. The van der Waals surface area contributed by atoms with E-state index in [0.29, 0.717) is 31.7 Å². The molecule has 0 aliphatic carbocycles. The molecule has 0 spiro atoms. The third-order valence-electron chi connectivity index (χ3n) is 6.12. The van der Waals surface area contributed by atoms with E-state index >= 15 is 0 Å². The number of halogens is 3. The highest BCUT2D eigenvalue weighted by atomic mass is 79.9. The minimum Gasteiger partial charge on any atom is -0.493 e. The van der Waals surface area contributed by atoms with Crippen molar-refractivity contribution >= 4 is 50.8 Å². The van der Waals surface area contributed by atoms with Gasteiger partial charge in [-0.05, 0) is 59.0 Å². The van der Waals surface area contributed by atoms with Crippen LogP contribution in [0, 0.1) is 5.92 Å². The predicted octanol–water partition coefficient (Wildman–Crippen LogP) is 7.41. The number of methoxy groups -OCH3 is 2. The largest absolute Gasteiger partial charge is 0.493 e. The summed E-state index contributed by atoms with van der Waals surface area (Å²) < 4.78 is 11.7. The van der Waals surface area contributed by atoms with Crippen LogP contribution in [0.5, 0.6) is 11.5 Å². The Kier molecular flexibility index (Phi) is 6.80. The van der Waals surface area contributed by atoms with E-state index in [4.69, 9.17) is 32.7 Å². The van der Waals surface area contributed by atoms with Crippen LogP contribution in [0.4, 0.5) is 5.69 Å². The highest BCUT2D eigenvalue weighted by Crippen LogP contribution is 2.51. The van der Waals surface area contributed by atoms with Crippen LogP contribution >= 0.6 is 39.1 Å². The summed E-state index contributed by atoms with van der Waals surface area (Å²) in [6.07, 6.45) is 0. The number of carboxylic acids is 1. The Morgan fingerprint density at radius 2 is 1.67 bits per heavy atom. The molecule has 3 aromatic carbocycles. The Bertz CT molecular complexity index is 1230. The fourth-order valence-corrected chi connectivity index (χ4v) is 5.37. The Labute approximate surface area is 210 Å². The molecule has 0 bridgehead atoms. The van der Waals surface area contributed by atoms with Crippen LogP contribution < -0.4 is 14.8 Å². The predicted molar refractivity (Wildman–Crippen MR) is 134 cm³/mol. The lowest BCUT2D eigenvalue weighted by Crippen LogP contribution is -2.32. The summed E-state index contributed by atoms with van der Waals surface area (Å²) >= 11 is 16.0. The van der Waals surface area contributed by atoms with Gasteiger partial charge in [0.25, 0.3) is 0 Å². The Morgan fingerprint density at radius 3 is 2.30 bits per heavy atom. The monoisotopic (exact) mass is 549 g/mol. The van der Waals surface area contributed by atoms with Crippen molar-refractivity contribution in [2.24, 2.45) is 5.92 Å². The van der Waals surface area contributed by atoms with Crippen LogP contribution in [0.1, 0.15) is 45.9 Å². The van der Waals surface area contributed by atoms with Gasteiger partial charge in [0.05, 0.1) is 41.6 Å². The lowest BCUT2D eigenvalue weighted by molar-refractivity contribution is 0.0697. The van der Waals surface area contributed by atoms with Gasteiger partial charge >= 0.3 is 5.97 Å². The molecule has 5 nitrogen and oxygen atoms in total. The van der Waals surface area contributed by atoms with Gasteiger partial charge in [0.2, 0.25) is 0 Å². The van der Waals surface area contributed by atoms with Crippen molar-refractivity contribution < 1.29 is 19.4 Å². The number of carboxylic acid groups (broad SMARTS) is 1. The Hall–Kier alpha value is -2.41. The first-order valence-corrected chi connectivity index (χ1v) is 11.8. The molecule has 3 atom stereocenters. The molecule has 0 saturated carbocycles. The molecule has 0 saturated heterocycles. The number of carbonyl (C=O) groups is 1. The average Bonchev–Trinajstić information content (AvgIpc) is 2.79. The minimum absolute atomic E-state index is 0.0313. The van der Waals surface area contributed by atoms with Crippen molar-refractivity contribution in [1.29, 1.82) is 0 Å². The Balaban J connectivity index is 1.94. The fourth-order valence-electron chi connectivity index (χ4n) is 4.59. The van der Waals surface area contributed by atoms with E-state index in [0.717, 1.165) is 16.7 Å². The number of anilines is 1. The first-order valence-electron chi connectivity index (χ1n) is 10.2. The van der Waals surface area contributed by atoms with Gasteiger partial charge in [-0.1, -0.05) is 58.2 Å². The summed E-state index contributed by atoms with van der Waals surface area (Å²) in [5, 5.41) is 14.3. The molecule has 172 valence electrons. The molecule has 4 rings (SSSR count). The van der Waals surface area contributed by atoms with Gasteiger partial charge in [-0.2, -0.15) is 0 Å². The van der Waals surface area contributed by atoms with Crippen molar-refractivity contribution in [3.8, 4) is 11.5 Å². The molecule has 0 aromatic heterocycles. The fraction of sp³-hybridized carbons (Fsp3) is 0.240. The molecule has 0 fully saturated rings. The lowest BCUT2D eigenvalue weighted by atomic mass is 9.72. The molecule has 1 aliphatic rings. The van der Waals surface area contributed by atoms with E-state index in [2.05, 4.69) is 28.2 Å². The van der Waals surface area contributed by atoms with Crippen LogP contribution in [-0.4, -0.2) is 25.3 Å². The molecule has 0 amide bonds. The van der Waals surface area contributed by atoms with Crippen LogP contribution in [0.2, 0.25) is 10.0 Å². The maximum atomic E-state index is 12.1. The zero-order chi connectivity index (χ0) is 23.9. The molecule has 0 radical (unpaired) electrons. The summed E-state index contributed by atoms with van der Waals surface area (Å²) in [6, 6.07) is 14.7. The minimum atomic E-state index is -1.01. The molecule has 1 aliphatic heterocycles. The molecular weight excluding hydrogens is 529 g/mol. The zero-order valence-corrected chi connectivity index (χ0v) is 21.3. The molecule has 3 aromatic rings. The van der Waals surface area contributed by atoms with Crippen LogP contribution in [0.3, 0.4) is 0 Å². The van der Waals surface area contributed by atoms with Crippen LogP contribution in [0.25, 0.3) is 0 Å². The van der Waals surface area contributed by atoms with Crippen molar-refractivity contribution in [2.45, 2.75) is 18.9 Å². The van der Waals surface area contributed by atoms with Gasteiger partial charge in [0.1, 0.15) is 0 Å². The number of rotatable bonds is 5. The molecular formula is C25H22BrCl2NO4. The second-order valence-electron chi connectivity index (χ2n) is 7.97. The van der Waals surface area contributed by atoms with E-state index < -0.39 is 5.97 Å². The van der Waals surface area contributed by atoms with Gasteiger partial charge in [-0.15, -0.1) is 0 Å². The molecule has 1 heterocycles. The van der Waals surface area contributed by atoms with Gasteiger partial charge in [0.15, 0.2) is 11.5 Å². The number of fused-ring (bicyclic) bond motifs is 1. The first kappa shape index (κ1) is 23.7. The summed E-state index contributed by atoms with van der Waals surface area (Å²) in [4.78, 5) is 12.1. The number of benzene rings is 3. The summed E-state index contributed by atoms with van der Waals surface area (Å²) in [7, 11) is 3.19. The maximum Gasteiger partial charge on any atom is 0.337 e. The third-order valence-corrected chi connectivity index (χ3v) is 7.32. The lowest BCUT2D eigenvalue weighted by Gasteiger charge is -2.40. The zero-order valence-electron chi connectivity index (χ0n) is 18.2. The summed E-state index contributed by atoms with van der Waals surface area (Å²) in [5.74, 6) is 0.139. The van der Waals surface area contributed by atoms with E-state index in [1.165, 1.54) is 0 Å². The normalized spacial score (nSPS) is 19.4. The van der Waals surface area contributed by atoms with Crippen LogP contribution in [0.15, 0.2) is 53.0 Å². The number of hydrogen-bond donors (Lipinski definition) is 2. The highest BCUT2D eigenvalue weighted by molar-refractivity contribution is 9.10. The van der Waals surface area contributed by atoms with E-state index in [9.17, 15) is 9.90 Å². The quantitative estimate of drug-likeness (QED) is 0.346. The SMILES string of the molecule is COc1ccc([C@H]2c3cc(Br)cc(C(=O)O)c3N[C@H](c3ccc(Cl)c(Cl)c3)[C@@H]2C)cc1OC. The van der Waals surface area contributed by atoms with Crippen molar-refractivity contribution in [1.82, 2.24) is 0 Å². The maximum absolute atomic E-state index is 12.1. The van der Waals surface area contributed by atoms with Gasteiger partial charge < -0.3 is 19.9 Å². The average molecular weight is 551 g/mol. The van der Waals surface area contributed by atoms with Crippen molar-refractivity contribution in [3.63, 3.8) is 0 Å². The van der Waals surface area contributed by atoms with Gasteiger partial charge in [0, 0.05) is 10.4 Å². The summed E-state index contributed by atoms with van der Waals surface area (Å²) in [5.41, 5.74) is 3.58. The topological polar surface area (TPSA) is 67.8 Å². The van der Waals surface area contributed by atoms with Gasteiger partial charge in [-0.3, -0.25) is 0 Å². The number of aromatic carboxylic acids is 1. The Morgan fingerprint density at radius 1 is 0.970 bits per heavy atom. The molecule has 0 unspecified atom stereocenters.